The highest BCUT2D eigenvalue weighted by Gasteiger charge is 2.59. The molecule has 0 aliphatic heterocycles. The van der Waals surface area contributed by atoms with Crippen molar-refractivity contribution in [1.29, 1.82) is 0 Å². The molecule has 1 N–H and O–H groups in total. The van der Waals surface area contributed by atoms with Gasteiger partial charge in [0.05, 0.1) is 12.2 Å². The Balaban J connectivity index is 1.29. The molecule has 0 radical (unpaired) electrons. The Morgan fingerprint density at radius 1 is 1.13 bits per heavy atom. The van der Waals surface area contributed by atoms with Gasteiger partial charge in [0.25, 0.3) is 0 Å². The molecule has 0 amide bonds. The number of fused-ring (bicyclic) bond motifs is 5. The number of tetrazole rings is 1. The van der Waals surface area contributed by atoms with Crippen molar-refractivity contribution in [3.63, 3.8) is 0 Å². The third kappa shape index (κ3) is 3.32. The van der Waals surface area contributed by atoms with Crippen molar-refractivity contribution in [2.24, 2.45) is 40.9 Å². The van der Waals surface area contributed by atoms with E-state index in [2.05, 4.69) is 22.3 Å². The van der Waals surface area contributed by atoms with E-state index in [1.807, 2.05) is 0 Å². The summed E-state index contributed by atoms with van der Waals surface area (Å²) in [4.78, 5) is 14.6. The van der Waals surface area contributed by atoms with Crippen molar-refractivity contribution in [1.82, 2.24) is 20.2 Å². The van der Waals surface area contributed by atoms with Crippen LogP contribution in [-0.4, -0.2) is 50.4 Å². The fourth-order valence-electron chi connectivity index (χ4n) is 8.40. The molecule has 4 fully saturated rings. The minimum absolute atomic E-state index is 0.122. The lowest BCUT2D eigenvalue weighted by atomic mass is 9.49. The number of hydrogen-bond donors (Lipinski definition) is 1. The number of carbonyl (C=O) groups excluding carboxylic acids is 1. The van der Waals surface area contributed by atoms with E-state index in [1.165, 1.54) is 36.8 Å². The second-order valence-electron chi connectivity index (χ2n) is 10.9. The zero-order valence-electron chi connectivity index (χ0n) is 18.4. The highest BCUT2D eigenvalue weighted by Crippen LogP contribution is 2.64. The summed E-state index contributed by atoms with van der Waals surface area (Å²) in [6.45, 7) is 3.11. The Bertz CT molecular complexity index is 771. The Hall–Kier alpha value is -1.34. The van der Waals surface area contributed by atoms with Gasteiger partial charge >= 0.3 is 0 Å². The van der Waals surface area contributed by atoms with Gasteiger partial charge in [0.2, 0.25) is 0 Å². The van der Waals surface area contributed by atoms with Crippen molar-refractivity contribution in [2.75, 3.05) is 13.7 Å². The van der Waals surface area contributed by atoms with Crippen LogP contribution in [0.5, 0.6) is 0 Å². The molecule has 7 heteroatoms. The Morgan fingerprint density at radius 3 is 2.73 bits per heavy atom. The maximum atomic E-state index is 13.1. The van der Waals surface area contributed by atoms with Crippen molar-refractivity contribution in [2.45, 2.75) is 76.9 Å². The molecule has 0 bridgehead atoms. The second-order valence-corrected chi connectivity index (χ2v) is 10.9. The van der Waals surface area contributed by atoms with Crippen LogP contribution in [0.4, 0.5) is 0 Å². The van der Waals surface area contributed by atoms with Crippen molar-refractivity contribution < 1.29 is 14.6 Å². The van der Waals surface area contributed by atoms with Crippen LogP contribution in [0.25, 0.3) is 0 Å². The number of rotatable bonds is 5. The van der Waals surface area contributed by atoms with E-state index in [1.54, 1.807) is 7.11 Å². The van der Waals surface area contributed by atoms with Gasteiger partial charge in [-0.15, -0.1) is 10.2 Å². The molecule has 8 atom stereocenters. The first-order chi connectivity index (χ1) is 14.4. The molecular formula is C23H36N4O3. The van der Waals surface area contributed by atoms with Crippen LogP contribution in [0, 0.1) is 40.9 Å². The van der Waals surface area contributed by atoms with Gasteiger partial charge in [0.15, 0.2) is 12.1 Å². The average molecular weight is 417 g/mol. The molecule has 1 heterocycles. The number of aromatic nitrogens is 4. The number of Topliss-reactive ketones (excluding diaryl/α,β-unsaturated/α-hetero) is 1. The van der Waals surface area contributed by atoms with Crippen molar-refractivity contribution in [3.8, 4) is 0 Å². The lowest BCUT2D eigenvalue weighted by Crippen LogP contribution is -2.52. The van der Waals surface area contributed by atoms with E-state index in [0.717, 1.165) is 49.9 Å². The Morgan fingerprint density at radius 2 is 1.97 bits per heavy atom. The number of hydrogen-bond acceptors (Lipinski definition) is 6. The largest absolute Gasteiger partial charge is 0.387 e. The molecular weight excluding hydrogens is 380 g/mol. The van der Waals surface area contributed by atoms with E-state index in [4.69, 9.17) is 4.74 Å². The zero-order chi connectivity index (χ0) is 20.9. The minimum atomic E-state index is -0.619. The molecule has 0 unspecified atom stereocenters. The summed E-state index contributed by atoms with van der Waals surface area (Å²) in [5.41, 5.74) is -0.497. The quantitative estimate of drug-likeness (QED) is 0.794. The number of ketones is 1. The van der Waals surface area contributed by atoms with Gasteiger partial charge in [-0.1, -0.05) is 6.92 Å². The number of aliphatic hydroxyl groups is 1. The SMILES string of the molecule is COC[C@@]1(O)CC[C@H]2[C@H](CC[C@@H]3[C@@H]2CC[C@]2(C)[C@@H](C(=O)Cn4ncnn4)CC[C@@H]32)C1. The molecule has 166 valence electrons. The van der Waals surface area contributed by atoms with E-state index in [-0.39, 0.29) is 23.7 Å². The first kappa shape index (κ1) is 20.6. The smallest absolute Gasteiger partial charge is 0.162 e. The monoisotopic (exact) mass is 416 g/mol. The van der Waals surface area contributed by atoms with Gasteiger partial charge < -0.3 is 9.84 Å². The van der Waals surface area contributed by atoms with E-state index >= 15 is 0 Å². The van der Waals surface area contributed by atoms with Crippen LogP contribution in [-0.2, 0) is 16.1 Å². The molecule has 0 spiro atoms. The zero-order valence-corrected chi connectivity index (χ0v) is 18.4. The lowest BCUT2D eigenvalue weighted by Gasteiger charge is -2.57. The molecule has 4 saturated carbocycles. The van der Waals surface area contributed by atoms with Crippen LogP contribution >= 0.6 is 0 Å². The molecule has 0 aromatic carbocycles. The molecule has 1 aromatic heterocycles. The molecule has 7 nitrogen and oxygen atoms in total. The maximum absolute atomic E-state index is 13.1. The van der Waals surface area contributed by atoms with E-state index in [9.17, 15) is 9.90 Å². The molecule has 5 rings (SSSR count). The highest BCUT2D eigenvalue weighted by atomic mass is 16.5. The standard InChI is InChI=1S/C23H36N4O3/c1-22-9-7-17-16-8-10-23(29,13-30-2)11-15(16)3-4-18(17)19(22)5-6-20(22)21(28)12-27-25-14-24-26-27/h14-20,29H,3-13H2,1-2H3/t15-,16+,17-,18-,19+,20-,22+,23-/m1/s1. The van der Waals surface area contributed by atoms with E-state index < -0.39 is 5.60 Å². The molecule has 1 aromatic rings. The van der Waals surface area contributed by atoms with Gasteiger partial charge in [-0.2, -0.15) is 4.80 Å². The van der Waals surface area contributed by atoms with Crippen LogP contribution < -0.4 is 0 Å². The van der Waals surface area contributed by atoms with Gasteiger partial charge in [-0.25, -0.2) is 0 Å². The summed E-state index contributed by atoms with van der Waals surface area (Å²) >= 11 is 0. The topological polar surface area (TPSA) is 90.1 Å². The minimum Gasteiger partial charge on any atom is -0.387 e. The van der Waals surface area contributed by atoms with Crippen LogP contribution in [0.1, 0.15) is 64.7 Å². The van der Waals surface area contributed by atoms with Gasteiger partial charge in [0.1, 0.15) is 6.54 Å². The summed E-state index contributed by atoms with van der Waals surface area (Å²) in [5.74, 6) is 3.99. The Kier molecular flexibility index (Phi) is 5.25. The molecule has 4 aliphatic carbocycles. The first-order valence-corrected chi connectivity index (χ1v) is 11.9. The maximum Gasteiger partial charge on any atom is 0.162 e. The normalized spacial score (nSPS) is 45.4. The molecule has 4 aliphatic rings. The highest BCUT2D eigenvalue weighted by molar-refractivity contribution is 5.81. The third-order valence-corrected chi connectivity index (χ3v) is 9.59. The molecule has 30 heavy (non-hydrogen) atoms. The summed E-state index contributed by atoms with van der Waals surface area (Å²) in [6.07, 6.45) is 11.4. The summed E-state index contributed by atoms with van der Waals surface area (Å²) in [6, 6.07) is 0. The van der Waals surface area contributed by atoms with Crippen LogP contribution in [0.3, 0.4) is 0 Å². The average Bonchev–Trinajstić information content (AvgIpc) is 3.34. The summed E-state index contributed by atoms with van der Waals surface area (Å²) in [5, 5.41) is 22.6. The van der Waals surface area contributed by atoms with Gasteiger partial charge in [-0.05, 0) is 98.0 Å². The predicted molar refractivity (Wildman–Crippen MR) is 110 cm³/mol. The number of ether oxygens (including phenoxy) is 1. The molecule has 0 saturated heterocycles. The van der Waals surface area contributed by atoms with E-state index in [0.29, 0.717) is 18.4 Å². The lowest BCUT2D eigenvalue weighted by molar-refractivity contribution is -0.137. The van der Waals surface area contributed by atoms with Crippen LogP contribution in [0.2, 0.25) is 0 Å². The first-order valence-electron chi connectivity index (χ1n) is 11.9. The fourth-order valence-corrected chi connectivity index (χ4v) is 8.40. The van der Waals surface area contributed by atoms with Crippen molar-refractivity contribution in [3.05, 3.63) is 6.33 Å². The van der Waals surface area contributed by atoms with Gasteiger partial charge in [0, 0.05) is 13.0 Å². The van der Waals surface area contributed by atoms with Gasteiger partial charge in [-0.3, -0.25) is 4.79 Å². The number of carbonyl (C=O) groups is 1. The summed E-state index contributed by atoms with van der Waals surface area (Å²) in [7, 11) is 1.69. The number of nitrogens with zero attached hydrogens (tertiary/aromatic N) is 4. The second kappa shape index (κ2) is 7.66. The van der Waals surface area contributed by atoms with Crippen LogP contribution in [0.15, 0.2) is 6.33 Å². The number of methoxy groups -OCH3 is 1. The van der Waals surface area contributed by atoms with Crippen molar-refractivity contribution >= 4 is 5.78 Å². The fraction of sp³-hybridized carbons (Fsp3) is 0.913. The summed E-state index contributed by atoms with van der Waals surface area (Å²) < 4.78 is 5.32. The third-order valence-electron chi connectivity index (χ3n) is 9.59. The Labute approximate surface area is 178 Å². The predicted octanol–water partition coefficient (Wildman–Crippen LogP) is 2.89.